The molecule has 20 heavy (non-hydrogen) atoms. The van der Waals surface area contributed by atoms with Crippen LogP contribution in [0.5, 0.6) is 0 Å². The van der Waals surface area contributed by atoms with Crippen LogP contribution in [0.2, 0.25) is 0 Å². The molecule has 108 valence electrons. The van der Waals surface area contributed by atoms with E-state index in [1.165, 1.54) is 15.6 Å². The monoisotopic (exact) mass is 373 g/mol. The zero-order chi connectivity index (χ0) is 14.9. The summed E-state index contributed by atoms with van der Waals surface area (Å²) < 4.78 is 28.1. The predicted octanol–water partition coefficient (Wildman–Crippen LogP) is 4.34. The van der Waals surface area contributed by atoms with Crippen LogP contribution in [-0.4, -0.2) is 15.0 Å². The smallest absolute Gasteiger partial charge is 0.266 e. The Kier molecular flexibility index (Phi) is 4.56. The van der Waals surface area contributed by atoms with Gasteiger partial charge in [0.2, 0.25) is 0 Å². The topological polar surface area (TPSA) is 37.4 Å². The molecule has 3 nitrogen and oxygen atoms in total. The van der Waals surface area contributed by atoms with E-state index in [1.54, 1.807) is 6.07 Å². The summed E-state index contributed by atoms with van der Waals surface area (Å²) >= 11 is 4.63. The first kappa shape index (κ1) is 15.5. The Morgan fingerprint density at radius 2 is 1.80 bits per heavy atom. The summed E-state index contributed by atoms with van der Waals surface area (Å²) in [5, 5.41) is 0. The minimum Gasteiger partial charge on any atom is -0.266 e. The largest absolute Gasteiger partial charge is 0.273 e. The highest BCUT2D eigenvalue weighted by atomic mass is 79.9. The SMILES string of the molecule is CCN(c1ccc(C)cc1)S(=O)(=O)c1cc(C)c(Br)s1. The van der Waals surface area contributed by atoms with E-state index < -0.39 is 10.0 Å². The van der Waals surface area contributed by atoms with Crippen LogP contribution < -0.4 is 4.31 Å². The molecule has 0 saturated heterocycles. The summed E-state index contributed by atoms with van der Waals surface area (Å²) in [6.45, 7) is 6.11. The number of benzene rings is 1. The number of hydrogen-bond donors (Lipinski definition) is 0. The van der Waals surface area contributed by atoms with Gasteiger partial charge in [-0.05, 0) is 60.5 Å². The Balaban J connectivity index is 2.47. The third kappa shape index (κ3) is 2.92. The predicted molar refractivity (Wildman–Crippen MR) is 88.1 cm³/mol. The molecule has 0 radical (unpaired) electrons. The average molecular weight is 374 g/mol. The van der Waals surface area contributed by atoms with Crippen molar-refractivity contribution in [1.29, 1.82) is 0 Å². The van der Waals surface area contributed by atoms with Gasteiger partial charge in [-0.2, -0.15) is 0 Å². The molecule has 0 aliphatic heterocycles. The van der Waals surface area contributed by atoms with E-state index in [9.17, 15) is 8.42 Å². The van der Waals surface area contributed by atoms with Crippen LogP contribution in [0.15, 0.2) is 38.3 Å². The van der Waals surface area contributed by atoms with E-state index in [4.69, 9.17) is 0 Å². The molecule has 0 amide bonds. The van der Waals surface area contributed by atoms with Gasteiger partial charge in [-0.1, -0.05) is 17.7 Å². The van der Waals surface area contributed by atoms with Gasteiger partial charge in [0.05, 0.1) is 9.47 Å². The summed E-state index contributed by atoms with van der Waals surface area (Å²) in [6.07, 6.45) is 0. The number of rotatable bonds is 4. The van der Waals surface area contributed by atoms with Crippen LogP contribution in [0.4, 0.5) is 5.69 Å². The molecule has 6 heteroatoms. The zero-order valence-electron chi connectivity index (χ0n) is 11.6. The first-order chi connectivity index (χ1) is 9.36. The Morgan fingerprint density at radius 3 is 2.25 bits per heavy atom. The van der Waals surface area contributed by atoms with Gasteiger partial charge in [-0.3, -0.25) is 4.31 Å². The fourth-order valence-electron chi connectivity index (χ4n) is 1.87. The van der Waals surface area contributed by atoms with Crippen LogP contribution in [0.3, 0.4) is 0 Å². The lowest BCUT2D eigenvalue weighted by atomic mass is 10.2. The molecule has 1 aromatic carbocycles. The van der Waals surface area contributed by atoms with Crippen LogP contribution in [-0.2, 0) is 10.0 Å². The van der Waals surface area contributed by atoms with Gasteiger partial charge in [-0.25, -0.2) is 8.42 Å². The molecule has 1 heterocycles. The molecule has 0 fully saturated rings. The highest BCUT2D eigenvalue weighted by Crippen LogP contribution is 2.33. The van der Waals surface area contributed by atoms with Crippen molar-refractivity contribution in [2.75, 3.05) is 10.8 Å². The Morgan fingerprint density at radius 1 is 1.20 bits per heavy atom. The number of halogens is 1. The van der Waals surface area contributed by atoms with Crippen LogP contribution in [0.1, 0.15) is 18.1 Å². The Bertz CT molecular complexity index is 686. The second-order valence-corrected chi connectivity index (χ2v) is 8.99. The molecule has 1 aromatic heterocycles. The van der Waals surface area contributed by atoms with E-state index >= 15 is 0 Å². The van der Waals surface area contributed by atoms with E-state index in [0.29, 0.717) is 16.4 Å². The van der Waals surface area contributed by atoms with Gasteiger partial charge < -0.3 is 0 Å². The number of hydrogen-bond acceptors (Lipinski definition) is 3. The average Bonchev–Trinajstić information content (AvgIpc) is 2.73. The van der Waals surface area contributed by atoms with Crippen LogP contribution >= 0.6 is 27.3 Å². The lowest BCUT2D eigenvalue weighted by Gasteiger charge is -2.22. The van der Waals surface area contributed by atoms with Crippen LogP contribution in [0.25, 0.3) is 0 Å². The number of aryl methyl sites for hydroxylation is 2. The third-order valence-electron chi connectivity index (χ3n) is 2.99. The van der Waals surface area contributed by atoms with E-state index in [2.05, 4.69) is 15.9 Å². The summed E-state index contributed by atoms with van der Waals surface area (Å²) in [6, 6.07) is 9.23. The van der Waals surface area contributed by atoms with Crippen molar-refractivity contribution in [3.63, 3.8) is 0 Å². The number of anilines is 1. The number of sulfonamides is 1. The maximum Gasteiger partial charge on any atom is 0.273 e. The highest BCUT2D eigenvalue weighted by molar-refractivity contribution is 9.11. The van der Waals surface area contributed by atoms with E-state index in [-0.39, 0.29) is 0 Å². The third-order valence-corrected chi connectivity index (χ3v) is 7.48. The molecule has 0 aliphatic rings. The second-order valence-electron chi connectivity index (χ2n) is 4.53. The lowest BCUT2D eigenvalue weighted by molar-refractivity contribution is 0.594. The molecule has 0 spiro atoms. The van der Waals surface area contributed by atoms with Gasteiger partial charge in [0, 0.05) is 6.54 Å². The van der Waals surface area contributed by atoms with Crippen molar-refractivity contribution in [3.05, 3.63) is 45.2 Å². The Hall–Kier alpha value is -0.850. The van der Waals surface area contributed by atoms with Crippen molar-refractivity contribution in [2.45, 2.75) is 25.0 Å². The molecule has 0 bridgehead atoms. The molecule has 0 atom stereocenters. The second kappa shape index (κ2) is 5.87. The summed E-state index contributed by atoms with van der Waals surface area (Å²) in [5.74, 6) is 0. The van der Waals surface area contributed by atoms with Crippen molar-refractivity contribution >= 4 is 43.0 Å². The normalized spacial score (nSPS) is 11.6. The Labute approximate surface area is 132 Å². The maximum atomic E-state index is 12.7. The molecule has 2 aromatic rings. The maximum absolute atomic E-state index is 12.7. The van der Waals surface area contributed by atoms with Crippen LogP contribution in [0, 0.1) is 13.8 Å². The van der Waals surface area contributed by atoms with Gasteiger partial charge in [0.15, 0.2) is 0 Å². The summed E-state index contributed by atoms with van der Waals surface area (Å²) in [5.41, 5.74) is 2.74. The first-order valence-corrected chi connectivity index (χ1v) is 9.26. The van der Waals surface area contributed by atoms with Crippen molar-refractivity contribution < 1.29 is 8.42 Å². The van der Waals surface area contributed by atoms with Gasteiger partial charge in [0.25, 0.3) is 10.0 Å². The first-order valence-electron chi connectivity index (χ1n) is 6.21. The minimum atomic E-state index is -3.50. The molecule has 0 N–H and O–H groups in total. The molecular weight excluding hydrogens is 358 g/mol. The van der Waals surface area contributed by atoms with Crippen molar-refractivity contribution in [1.82, 2.24) is 0 Å². The van der Waals surface area contributed by atoms with Gasteiger partial charge in [0.1, 0.15) is 4.21 Å². The highest BCUT2D eigenvalue weighted by Gasteiger charge is 2.26. The van der Waals surface area contributed by atoms with Crippen molar-refractivity contribution in [3.8, 4) is 0 Å². The number of thiophene rings is 1. The molecular formula is C14H16BrNO2S2. The van der Waals surface area contributed by atoms with E-state index in [1.807, 2.05) is 45.0 Å². The molecule has 0 saturated carbocycles. The number of nitrogens with zero attached hydrogens (tertiary/aromatic N) is 1. The molecule has 2 rings (SSSR count). The minimum absolute atomic E-state index is 0.365. The summed E-state index contributed by atoms with van der Waals surface area (Å²) in [4.78, 5) is 0. The van der Waals surface area contributed by atoms with Gasteiger partial charge in [-0.15, -0.1) is 11.3 Å². The van der Waals surface area contributed by atoms with Gasteiger partial charge >= 0.3 is 0 Å². The van der Waals surface area contributed by atoms with Crippen molar-refractivity contribution in [2.24, 2.45) is 0 Å². The standard InChI is InChI=1S/C14H16BrNO2S2/c1-4-16(12-7-5-10(2)6-8-12)20(17,18)13-9-11(3)14(15)19-13/h5-9H,4H2,1-3H3. The lowest BCUT2D eigenvalue weighted by Crippen LogP contribution is -2.30. The molecule has 0 aliphatic carbocycles. The quantitative estimate of drug-likeness (QED) is 0.798. The fourth-order valence-corrected chi connectivity index (χ4v) is 5.68. The molecule has 0 unspecified atom stereocenters. The zero-order valence-corrected chi connectivity index (χ0v) is 14.8. The van der Waals surface area contributed by atoms with E-state index in [0.717, 1.165) is 14.9 Å². The fraction of sp³-hybridized carbons (Fsp3) is 0.286. The summed E-state index contributed by atoms with van der Waals surface area (Å²) in [7, 11) is -3.50.